The van der Waals surface area contributed by atoms with Crippen LogP contribution in [0.1, 0.15) is 11.1 Å². The molecule has 1 aliphatic rings. The third-order valence-corrected chi connectivity index (χ3v) is 3.88. The van der Waals surface area contributed by atoms with E-state index < -0.39 is 0 Å². The van der Waals surface area contributed by atoms with E-state index >= 15 is 0 Å². The molecule has 4 rings (SSSR count). The van der Waals surface area contributed by atoms with Gasteiger partial charge in [0.05, 0.1) is 6.26 Å². The highest BCUT2D eigenvalue weighted by atomic mass is 16.3. The van der Waals surface area contributed by atoms with E-state index in [-0.39, 0.29) is 12.0 Å². The zero-order valence-electron chi connectivity index (χ0n) is 12.3. The number of benzene rings is 1. The molecule has 3 aromatic rings. The molecule has 0 spiro atoms. The van der Waals surface area contributed by atoms with E-state index in [2.05, 4.69) is 32.6 Å². The second-order valence-electron chi connectivity index (χ2n) is 5.36. The summed E-state index contributed by atoms with van der Waals surface area (Å²) in [6.45, 7) is 1.27. The van der Waals surface area contributed by atoms with Crippen LogP contribution in [0.4, 0.5) is 10.7 Å². The van der Waals surface area contributed by atoms with Crippen LogP contribution in [-0.2, 0) is 13.0 Å². The number of rotatable bonds is 2. The number of urea groups is 1. The van der Waals surface area contributed by atoms with Gasteiger partial charge in [0, 0.05) is 13.1 Å². The van der Waals surface area contributed by atoms with Gasteiger partial charge < -0.3 is 9.32 Å². The van der Waals surface area contributed by atoms with Gasteiger partial charge in [-0.2, -0.15) is 4.98 Å². The Balaban J connectivity index is 1.45. The van der Waals surface area contributed by atoms with Crippen LogP contribution in [0.3, 0.4) is 0 Å². The molecule has 1 aliphatic heterocycles. The summed E-state index contributed by atoms with van der Waals surface area (Å²) in [5, 5.41) is 9.46. The highest BCUT2D eigenvalue weighted by Gasteiger charge is 2.21. The molecule has 116 valence electrons. The van der Waals surface area contributed by atoms with E-state index in [4.69, 9.17) is 4.42 Å². The number of aromatic nitrogens is 3. The number of carbonyl (C=O) groups is 1. The number of carbonyl (C=O) groups excluding carboxylic acids is 1. The van der Waals surface area contributed by atoms with Crippen LogP contribution in [0.2, 0.25) is 0 Å². The minimum absolute atomic E-state index is 0.204. The van der Waals surface area contributed by atoms with Gasteiger partial charge in [0.1, 0.15) is 0 Å². The number of hydrogen-bond donors (Lipinski definition) is 2. The van der Waals surface area contributed by atoms with E-state index in [0.717, 1.165) is 6.42 Å². The molecular formula is C16H15N5O2. The summed E-state index contributed by atoms with van der Waals surface area (Å²) in [5.41, 5.74) is 2.48. The summed E-state index contributed by atoms with van der Waals surface area (Å²) in [6, 6.07) is 11.5. The Bertz CT molecular complexity index is 825. The van der Waals surface area contributed by atoms with Crippen molar-refractivity contribution in [1.29, 1.82) is 0 Å². The van der Waals surface area contributed by atoms with Gasteiger partial charge in [-0.15, -0.1) is 5.10 Å². The molecule has 2 N–H and O–H groups in total. The highest BCUT2D eigenvalue weighted by Crippen LogP contribution is 2.20. The summed E-state index contributed by atoms with van der Waals surface area (Å²) in [5.74, 6) is 1.29. The predicted octanol–water partition coefficient (Wildman–Crippen LogP) is 2.65. The normalized spacial score (nSPS) is 13.7. The van der Waals surface area contributed by atoms with Crippen LogP contribution in [0.15, 0.2) is 47.1 Å². The van der Waals surface area contributed by atoms with E-state index in [0.29, 0.717) is 24.7 Å². The van der Waals surface area contributed by atoms with Crippen LogP contribution in [0.5, 0.6) is 0 Å². The third-order valence-electron chi connectivity index (χ3n) is 3.88. The van der Waals surface area contributed by atoms with Gasteiger partial charge in [-0.05, 0) is 29.7 Å². The minimum atomic E-state index is -0.204. The van der Waals surface area contributed by atoms with Crippen molar-refractivity contribution in [2.45, 2.75) is 13.0 Å². The Labute approximate surface area is 132 Å². The summed E-state index contributed by atoms with van der Waals surface area (Å²) >= 11 is 0. The molecule has 0 aliphatic carbocycles. The van der Waals surface area contributed by atoms with Crippen molar-refractivity contribution in [2.24, 2.45) is 0 Å². The number of furan rings is 1. The molecule has 2 amide bonds. The molecule has 7 heteroatoms. The number of nitrogens with zero attached hydrogens (tertiary/aromatic N) is 3. The lowest BCUT2D eigenvalue weighted by Gasteiger charge is -2.28. The van der Waals surface area contributed by atoms with Crippen molar-refractivity contribution in [2.75, 3.05) is 11.9 Å². The Hall–Kier alpha value is -3.09. The molecule has 0 bridgehead atoms. The first-order valence-electron chi connectivity index (χ1n) is 7.38. The van der Waals surface area contributed by atoms with Crippen molar-refractivity contribution in [1.82, 2.24) is 20.1 Å². The number of amides is 2. The van der Waals surface area contributed by atoms with Crippen molar-refractivity contribution in [3.05, 3.63) is 53.8 Å². The predicted molar refractivity (Wildman–Crippen MR) is 83.7 cm³/mol. The molecule has 0 atom stereocenters. The number of nitrogens with one attached hydrogen (secondary N) is 2. The molecule has 2 aromatic heterocycles. The lowest BCUT2D eigenvalue weighted by molar-refractivity contribution is 0.206. The number of H-pyrrole nitrogens is 1. The maximum atomic E-state index is 12.4. The SMILES string of the molecule is O=C(Nc1n[nH]c(-c2ccco2)n1)N1CCc2ccccc2C1. The number of aromatic amines is 1. The Morgan fingerprint density at radius 3 is 2.91 bits per heavy atom. The highest BCUT2D eigenvalue weighted by molar-refractivity contribution is 5.87. The molecule has 3 heterocycles. The molecule has 0 fully saturated rings. The maximum absolute atomic E-state index is 12.4. The topological polar surface area (TPSA) is 87.0 Å². The largest absolute Gasteiger partial charge is 0.461 e. The quantitative estimate of drug-likeness (QED) is 0.762. The molecule has 1 aromatic carbocycles. The first-order chi connectivity index (χ1) is 11.3. The zero-order valence-corrected chi connectivity index (χ0v) is 12.3. The molecule has 0 unspecified atom stereocenters. The lowest BCUT2D eigenvalue weighted by atomic mass is 10.0. The zero-order chi connectivity index (χ0) is 15.6. The maximum Gasteiger partial charge on any atom is 0.324 e. The van der Waals surface area contributed by atoms with Crippen LogP contribution in [-0.4, -0.2) is 32.7 Å². The second kappa shape index (κ2) is 5.60. The first kappa shape index (κ1) is 13.6. The van der Waals surface area contributed by atoms with E-state index in [1.54, 1.807) is 23.3 Å². The second-order valence-corrected chi connectivity index (χ2v) is 5.36. The van der Waals surface area contributed by atoms with Crippen LogP contribution >= 0.6 is 0 Å². The number of hydrogen-bond acceptors (Lipinski definition) is 4. The number of fused-ring (bicyclic) bond motifs is 1. The monoisotopic (exact) mass is 309 g/mol. The van der Waals surface area contributed by atoms with Crippen molar-refractivity contribution in [3.8, 4) is 11.6 Å². The Morgan fingerprint density at radius 2 is 2.09 bits per heavy atom. The Kier molecular flexibility index (Phi) is 3.30. The van der Waals surface area contributed by atoms with Gasteiger partial charge in [-0.3, -0.25) is 10.4 Å². The van der Waals surface area contributed by atoms with E-state index in [1.165, 1.54) is 11.1 Å². The van der Waals surface area contributed by atoms with Gasteiger partial charge in [0.25, 0.3) is 5.95 Å². The van der Waals surface area contributed by atoms with Gasteiger partial charge in [0.15, 0.2) is 11.6 Å². The smallest absolute Gasteiger partial charge is 0.324 e. The first-order valence-corrected chi connectivity index (χ1v) is 7.38. The third kappa shape index (κ3) is 2.68. The van der Waals surface area contributed by atoms with Crippen LogP contribution in [0, 0.1) is 0 Å². The molecule has 0 saturated heterocycles. The standard InChI is InChI=1S/C16H15N5O2/c22-16(21-8-7-11-4-1-2-5-12(11)10-21)18-15-17-14(19-20-15)13-6-3-9-23-13/h1-6,9H,7-8,10H2,(H2,17,18,19,20,22). The van der Waals surface area contributed by atoms with Crippen molar-refractivity contribution >= 4 is 12.0 Å². The van der Waals surface area contributed by atoms with Crippen LogP contribution < -0.4 is 5.32 Å². The summed E-state index contributed by atoms with van der Waals surface area (Å²) < 4.78 is 5.24. The fourth-order valence-corrected chi connectivity index (χ4v) is 2.68. The fraction of sp³-hybridized carbons (Fsp3) is 0.188. The van der Waals surface area contributed by atoms with E-state index in [1.807, 2.05) is 12.1 Å². The van der Waals surface area contributed by atoms with Gasteiger partial charge in [-0.25, -0.2) is 4.79 Å². The van der Waals surface area contributed by atoms with Gasteiger partial charge in [-0.1, -0.05) is 24.3 Å². The average molecular weight is 309 g/mol. The summed E-state index contributed by atoms with van der Waals surface area (Å²) in [4.78, 5) is 18.3. The van der Waals surface area contributed by atoms with Gasteiger partial charge >= 0.3 is 6.03 Å². The lowest BCUT2D eigenvalue weighted by Crippen LogP contribution is -2.39. The molecule has 0 saturated carbocycles. The molecular weight excluding hydrogens is 294 g/mol. The fourth-order valence-electron chi connectivity index (χ4n) is 2.68. The van der Waals surface area contributed by atoms with Crippen molar-refractivity contribution < 1.29 is 9.21 Å². The summed E-state index contributed by atoms with van der Waals surface area (Å²) in [7, 11) is 0. The average Bonchev–Trinajstić information content (AvgIpc) is 3.25. The summed E-state index contributed by atoms with van der Waals surface area (Å²) in [6.07, 6.45) is 2.41. The van der Waals surface area contributed by atoms with Crippen molar-refractivity contribution in [3.63, 3.8) is 0 Å². The molecule has 7 nitrogen and oxygen atoms in total. The number of anilines is 1. The van der Waals surface area contributed by atoms with Gasteiger partial charge in [0.2, 0.25) is 0 Å². The molecule has 23 heavy (non-hydrogen) atoms. The minimum Gasteiger partial charge on any atom is -0.461 e. The molecule has 0 radical (unpaired) electrons. The Morgan fingerprint density at radius 1 is 1.22 bits per heavy atom. The van der Waals surface area contributed by atoms with E-state index in [9.17, 15) is 4.79 Å². The van der Waals surface area contributed by atoms with Crippen LogP contribution in [0.25, 0.3) is 11.6 Å².